The van der Waals surface area contributed by atoms with E-state index < -0.39 is 50.5 Å². The van der Waals surface area contributed by atoms with E-state index in [0.717, 1.165) is 25.7 Å². The second-order valence-corrected chi connectivity index (χ2v) is 13.1. The van der Waals surface area contributed by atoms with Gasteiger partial charge in [0.1, 0.15) is 30.7 Å². The molecule has 0 radical (unpaired) electrons. The number of fused-ring (bicyclic) bond motifs is 1. The Morgan fingerprint density at radius 1 is 1.11 bits per heavy atom. The van der Waals surface area contributed by atoms with Crippen molar-refractivity contribution >= 4 is 36.0 Å². The van der Waals surface area contributed by atoms with Crippen LogP contribution in [0.1, 0.15) is 50.0 Å². The number of tetrazole rings is 2. The summed E-state index contributed by atoms with van der Waals surface area (Å²) in [5.74, 6) is 0.829. The van der Waals surface area contributed by atoms with Gasteiger partial charge in [0.25, 0.3) is 0 Å². The molecule has 21 nitrogen and oxygen atoms in total. The Morgan fingerprint density at radius 2 is 1.84 bits per heavy atom. The van der Waals surface area contributed by atoms with Gasteiger partial charge in [-0.25, -0.2) is 14.9 Å². The lowest BCUT2D eigenvalue weighted by Crippen LogP contribution is -2.42. The first-order valence-corrected chi connectivity index (χ1v) is 16.0. The van der Waals surface area contributed by atoms with E-state index in [4.69, 9.17) is 25.8 Å². The number of aliphatic hydroxyl groups excluding tert-OH is 2. The molecule has 1 aliphatic heterocycles. The predicted molar refractivity (Wildman–Crippen MR) is 149 cm³/mol. The Kier molecular flexibility index (Phi) is 9.32. The second kappa shape index (κ2) is 13.2. The molecule has 2 aliphatic rings. The lowest BCUT2D eigenvalue weighted by molar-refractivity contribution is -0.105. The van der Waals surface area contributed by atoms with E-state index in [1.165, 1.54) is 10.9 Å². The van der Waals surface area contributed by atoms with Gasteiger partial charge in [-0.05, 0) is 45.3 Å². The van der Waals surface area contributed by atoms with Crippen molar-refractivity contribution in [3.05, 3.63) is 23.1 Å². The number of nitrogens with zero attached hydrogens (tertiary/aromatic N) is 10. The van der Waals surface area contributed by atoms with E-state index in [1.54, 1.807) is 0 Å². The van der Waals surface area contributed by atoms with Gasteiger partial charge in [-0.3, -0.25) is 4.57 Å². The summed E-state index contributed by atoms with van der Waals surface area (Å²) in [5.41, 5.74) is 0.259. The van der Waals surface area contributed by atoms with Crippen LogP contribution in [0.2, 0.25) is 5.28 Å². The summed E-state index contributed by atoms with van der Waals surface area (Å²) in [7, 11) is -5.08. The highest BCUT2D eigenvalue weighted by molar-refractivity contribution is 7.53. The van der Waals surface area contributed by atoms with E-state index >= 15 is 0 Å². The minimum absolute atomic E-state index is 0.0325. The highest BCUT2D eigenvalue weighted by Gasteiger charge is 2.52. The third-order valence-corrected chi connectivity index (χ3v) is 9.59. The SMILES string of the molecule is O=P(O)(O)C(CCOCc1nnn[nH]1)(Cc1nnn[nH]1)OC[C@H]1O[C@@H](n2ncc3c(NC4CCCC4)nc(Cl)nc32)[C@H](O)[C@@H]1O. The maximum absolute atomic E-state index is 12.9. The summed E-state index contributed by atoms with van der Waals surface area (Å²) in [6.45, 7) is -0.795. The fraction of sp³-hybridized carbons (Fsp3) is 0.682. The summed E-state index contributed by atoms with van der Waals surface area (Å²) >= 11 is 6.23. The van der Waals surface area contributed by atoms with Gasteiger partial charge in [0.05, 0.1) is 31.2 Å². The number of halogens is 1. The van der Waals surface area contributed by atoms with Gasteiger partial charge in [-0.2, -0.15) is 15.1 Å². The van der Waals surface area contributed by atoms with Gasteiger partial charge in [0, 0.05) is 12.5 Å². The van der Waals surface area contributed by atoms with Crippen molar-refractivity contribution in [1.82, 2.24) is 61.0 Å². The molecule has 2 fully saturated rings. The quantitative estimate of drug-likeness (QED) is 0.0491. The molecular formula is C22H31ClN13O8P. The van der Waals surface area contributed by atoms with Crippen LogP contribution >= 0.6 is 19.2 Å². The van der Waals surface area contributed by atoms with Gasteiger partial charge in [-0.1, -0.05) is 12.8 Å². The van der Waals surface area contributed by atoms with E-state index in [2.05, 4.69) is 61.6 Å². The zero-order chi connectivity index (χ0) is 31.6. The number of nitrogens with one attached hydrogen (secondary N) is 3. The normalized spacial score (nSPS) is 24.0. The molecule has 0 amide bonds. The van der Waals surface area contributed by atoms with Crippen LogP contribution in [0.15, 0.2) is 6.20 Å². The van der Waals surface area contributed by atoms with Crippen LogP contribution in [0.5, 0.6) is 0 Å². The fourth-order valence-electron chi connectivity index (χ4n) is 5.47. The molecule has 0 aromatic carbocycles. The molecule has 6 rings (SSSR count). The minimum atomic E-state index is -5.08. The Hall–Kier alpha value is -3.27. The molecule has 1 aliphatic carbocycles. The predicted octanol–water partition coefficient (Wildman–Crippen LogP) is -0.780. The summed E-state index contributed by atoms with van der Waals surface area (Å²) in [6, 6.07) is 0.228. The van der Waals surface area contributed by atoms with E-state index in [9.17, 15) is 24.6 Å². The summed E-state index contributed by atoms with van der Waals surface area (Å²) in [6.07, 6.45) is -0.588. The monoisotopic (exact) mass is 671 g/mol. The Morgan fingerprint density at radius 3 is 2.53 bits per heavy atom. The van der Waals surface area contributed by atoms with Crippen LogP contribution in [0.25, 0.3) is 11.0 Å². The number of aromatic amines is 2. The standard InChI is InChI=1S/C22H31ClN13O8P/c23-21-26-18(25-11-3-1-2-4-11)12-8-24-36(19(12)27-21)20-17(38)16(37)13(44-20)9-43-22(45(39,40)41,7-14-28-32-33-29-14)5-6-42-10-15-30-34-35-31-15/h8,11,13,16-17,20,37-38H,1-7,9-10H2,(H,25,26,27)(H2,39,40,41)(H,28,29,32,33)(H,30,31,34,35)/t13-,16-,17-,20-,22?/m1/s1. The first kappa shape index (κ1) is 31.7. The smallest absolute Gasteiger partial charge is 0.357 e. The number of aliphatic hydroxyl groups is 2. The molecule has 45 heavy (non-hydrogen) atoms. The van der Waals surface area contributed by atoms with Crippen LogP contribution in [-0.2, 0) is 31.8 Å². The van der Waals surface area contributed by atoms with Crippen LogP contribution in [0.3, 0.4) is 0 Å². The van der Waals surface area contributed by atoms with Gasteiger partial charge >= 0.3 is 7.60 Å². The largest absolute Gasteiger partial charge is 0.387 e. The van der Waals surface area contributed by atoms with E-state index in [1.807, 2.05) is 0 Å². The number of hydrogen-bond donors (Lipinski definition) is 7. The van der Waals surface area contributed by atoms with Crippen molar-refractivity contribution < 1.29 is 38.8 Å². The van der Waals surface area contributed by atoms with Crippen LogP contribution < -0.4 is 5.32 Å². The minimum Gasteiger partial charge on any atom is -0.387 e. The highest BCUT2D eigenvalue weighted by atomic mass is 35.5. The Bertz CT molecular complexity index is 1600. The Labute approximate surface area is 258 Å². The van der Waals surface area contributed by atoms with Crippen molar-refractivity contribution in [3.8, 4) is 0 Å². The molecule has 0 spiro atoms. The molecule has 0 bridgehead atoms. The molecule has 1 saturated heterocycles. The van der Waals surface area contributed by atoms with Crippen molar-refractivity contribution in [2.45, 2.75) is 81.1 Å². The number of anilines is 1. The van der Waals surface area contributed by atoms with Crippen molar-refractivity contribution in [1.29, 1.82) is 0 Å². The first-order chi connectivity index (χ1) is 21.6. The summed E-state index contributed by atoms with van der Waals surface area (Å²) in [5, 5.41) is 54.1. The van der Waals surface area contributed by atoms with Gasteiger partial charge < -0.3 is 39.5 Å². The van der Waals surface area contributed by atoms with Gasteiger partial charge in [0.15, 0.2) is 28.9 Å². The average molecular weight is 672 g/mol. The number of hydrogen-bond acceptors (Lipinski definition) is 16. The third-order valence-electron chi connectivity index (χ3n) is 7.85. The maximum Gasteiger partial charge on any atom is 0.357 e. The first-order valence-electron chi connectivity index (χ1n) is 14.0. The van der Waals surface area contributed by atoms with Crippen LogP contribution in [0.4, 0.5) is 5.82 Å². The van der Waals surface area contributed by atoms with Crippen molar-refractivity contribution in [2.24, 2.45) is 0 Å². The number of aromatic nitrogens is 12. The zero-order valence-electron chi connectivity index (χ0n) is 23.5. The fourth-order valence-corrected chi connectivity index (χ4v) is 6.61. The Balaban J connectivity index is 1.20. The van der Waals surface area contributed by atoms with Gasteiger partial charge in [0.2, 0.25) is 5.28 Å². The van der Waals surface area contributed by atoms with E-state index in [-0.39, 0.29) is 42.4 Å². The molecule has 23 heteroatoms. The van der Waals surface area contributed by atoms with Crippen LogP contribution in [0, 0.1) is 0 Å². The second-order valence-electron chi connectivity index (χ2n) is 10.8. The molecule has 5 atom stereocenters. The molecule has 7 N–H and O–H groups in total. The van der Waals surface area contributed by atoms with Crippen molar-refractivity contribution in [2.75, 3.05) is 18.5 Å². The lowest BCUT2D eigenvalue weighted by atomic mass is 10.1. The summed E-state index contributed by atoms with van der Waals surface area (Å²) in [4.78, 5) is 29.6. The van der Waals surface area contributed by atoms with E-state index in [0.29, 0.717) is 17.0 Å². The average Bonchev–Trinajstić information content (AvgIpc) is 3.83. The molecule has 244 valence electrons. The molecular weight excluding hydrogens is 641 g/mol. The van der Waals surface area contributed by atoms with Crippen LogP contribution in [-0.4, -0.2) is 124 Å². The molecule has 5 heterocycles. The number of ether oxygens (including phenoxy) is 3. The molecule has 1 unspecified atom stereocenters. The topological polar surface area (TPSA) is 290 Å². The highest BCUT2D eigenvalue weighted by Crippen LogP contribution is 2.55. The van der Waals surface area contributed by atoms with Crippen molar-refractivity contribution in [3.63, 3.8) is 0 Å². The van der Waals surface area contributed by atoms with Gasteiger partial charge in [-0.15, -0.1) is 10.2 Å². The maximum atomic E-state index is 12.9. The number of rotatable bonds is 14. The number of H-pyrrole nitrogens is 2. The lowest BCUT2D eigenvalue weighted by Gasteiger charge is -2.34. The summed E-state index contributed by atoms with van der Waals surface area (Å²) < 4.78 is 31.6. The molecule has 1 saturated carbocycles. The third kappa shape index (κ3) is 6.81. The molecule has 4 aromatic rings. The molecule has 4 aromatic heterocycles. The zero-order valence-corrected chi connectivity index (χ0v) is 25.2.